The van der Waals surface area contributed by atoms with Crippen LogP contribution in [-0.2, 0) is 17.6 Å². The third-order valence-electron chi connectivity index (χ3n) is 3.75. The Balaban J connectivity index is 2.22. The number of nitrogens with one attached hydrogen (secondary N) is 1. The number of carboxylic acid groups (broad SMARTS) is 1. The van der Waals surface area contributed by atoms with E-state index in [1.54, 1.807) is 0 Å². The van der Waals surface area contributed by atoms with Gasteiger partial charge in [0, 0.05) is 11.3 Å². The second-order valence-electron chi connectivity index (χ2n) is 5.43. The highest BCUT2D eigenvalue weighted by Crippen LogP contribution is 2.26. The van der Waals surface area contributed by atoms with Gasteiger partial charge in [0.1, 0.15) is 17.7 Å². The van der Waals surface area contributed by atoms with Crippen LogP contribution in [0.1, 0.15) is 56.1 Å². The van der Waals surface area contributed by atoms with Gasteiger partial charge in [-0.25, -0.2) is 14.8 Å². The van der Waals surface area contributed by atoms with Gasteiger partial charge in [-0.15, -0.1) is 0 Å². The van der Waals surface area contributed by atoms with Crippen LogP contribution in [0.3, 0.4) is 0 Å². The first-order valence-electron chi connectivity index (χ1n) is 7.47. The van der Waals surface area contributed by atoms with Crippen molar-refractivity contribution >= 4 is 11.8 Å². The van der Waals surface area contributed by atoms with E-state index in [4.69, 9.17) is 0 Å². The smallest absolute Gasteiger partial charge is 0.326 e. The zero-order valence-electron chi connectivity index (χ0n) is 12.3. The quantitative estimate of drug-likeness (QED) is 0.836. The molecule has 1 atom stereocenters. The molecule has 1 unspecified atom stereocenters. The van der Waals surface area contributed by atoms with E-state index in [2.05, 4.69) is 22.2 Å². The van der Waals surface area contributed by atoms with Gasteiger partial charge in [0.2, 0.25) is 0 Å². The Bertz CT molecular complexity index is 488. The van der Waals surface area contributed by atoms with Gasteiger partial charge >= 0.3 is 5.97 Å². The number of aliphatic carboxylic acids is 1. The molecule has 0 aliphatic heterocycles. The normalized spacial score (nSPS) is 15.5. The van der Waals surface area contributed by atoms with E-state index in [-0.39, 0.29) is 0 Å². The summed E-state index contributed by atoms with van der Waals surface area (Å²) in [5.74, 6) is 0.641. The van der Waals surface area contributed by atoms with Crippen LogP contribution in [0.15, 0.2) is 0 Å². The molecular formula is C15H23N3O2. The average Bonchev–Trinajstić information content (AvgIpc) is 2.42. The summed E-state index contributed by atoms with van der Waals surface area (Å²) in [6, 6.07) is -0.560. The van der Waals surface area contributed by atoms with Crippen molar-refractivity contribution in [1.82, 2.24) is 9.97 Å². The number of anilines is 1. The summed E-state index contributed by atoms with van der Waals surface area (Å²) in [6.45, 7) is 3.93. The van der Waals surface area contributed by atoms with Crippen molar-refractivity contribution in [2.45, 2.75) is 64.8 Å². The summed E-state index contributed by atoms with van der Waals surface area (Å²) in [7, 11) is 0. The molecule has 1 aliphatic rings. The van der Waals surface area contributed by atoms with Gasteiger partial charge in [0.15, 0.2) is 0 Å². The van der Waals surface area contributed by atoms with Gasteiger partial charge in [-0.1, -0.05) is 19.8 Å². The average molecular weight is 277 g/mol. The Morgan fingerprint density at radius 3 is 2.80 bits per heavy atom. The Kier molecular flexibility index (Phi) is 4.93. The molecule has 5 nitrogen and oxygen atoms in total. The van der Waals surface area contributed by atoms with Crippen LogP contribution >= 0.6 is 0 Å². The summed E-state index contributed by atoms with van der Waals surface area (Å²) >= 11 is 0. The second kappa shape index (κ2) is 6.68. The molecule has 110 valence electrons. The van der Waals surface area contributed by atoms with E-state index in [1.165, 1.54) is 0 Å². The summed E-state index contributed by atoms with van der Waals surface area (Å²) in [4.78, 5) is 20.3. The topological polar surface area (TPSA) is 75.1 Å². The molecule has 0 fully saturated rings. The molecule has 1 heterocycles. The molecule has 0 amide bonds. The second-order valence-corrected chi connectivity index (χ2v) is 5.43. The number of rotatable bonds is 6. The number of aryl methyl sites for hydroxylation is 2. The molecule has 1 aromatic rings. The van der Waals surface area contributed by atoms with Crippen molar-refractivity contribution in [3.05, 3.63) is 17.1 Å². The lowest BCUT2D eigenvalue weighted by Crippen LogP contribution is -2.30. The minimum Gasteiger partial charge on any atom is -0.480 e. The number of carbonyl (C=O) groups is 1. The third kappa shape index (κ3) is 3.46. The minimum atomic E-state index is -0.806. The van der Waals surface area contributed by atoms with E-state index < -0.39 is 12.0 Å². The van der Waals surface area contributed by atoms with Crippen molar-refractivity contribution in [1.29, 1.82) is 0 Å². The number of hydrogen-bond acceptors (Lipinski definition) is 4. The molecule has 0 radical (unpaired) electrons. The summed E-state index contributed by atoms with van der Waals surface area (Å²) in [6.07, 6.45) is 6.71. The highest BCUT2D eigenvalue weighted by atomic mass is 16.4. The largest absolute Gasteiger partial charge is 0.480 e. The van der Waals surface area contributed by atoms with Crippen molar-refractivity contribution in [2.75, 3.05) is 5.32 Å². The lowest BCUT2D eigenvalue weighted by atomic mass is 9.96. The molecule has 2 N–H and O–H groups in total. The number of fused-ring (bicyclic) bond motifs is 1. The summed E-state index contributed by atoms with van der Waals surface area (Å²) in [5.41, 5.74) is 2.20. The van der Waals surface area contributed by atoms with Crippen LogP contribution in [0.4, 0.5) is 5.82 Å². The van der Waals surface area contributed by atoms with Crippen LogP contribution in [0.5, 0.6) is 0 Å². The summed E-state index contributed by atoms with van der Waals surface area (Å²) in [5, 5.41) is 12.5. The molecule has 20 heavy (non-hydrogen) atoms. The molecule has 0 aromatic carbocycles. The Morgan fingerprint density at radius 1 is 1.35 bits per heavy atom. The molecule has 1 aromatic heterocycles. The lowest BCUT2D eigenvalue weighted by Gasteiger charge is -2.22. The van der Waals surface area contributed by atoms with Gasteiger partial charge in [0.05, 0.1) is 0 Å². The van der Waals surface area contributed by atoms with Gasteiger partial charge < -0.3 is 10.4 Å². The van der Waals surface area contributed by atoms with Crippen LogP contribution < -0.4 is 5.32 Å². The van der Waals surface area contributed by atoms with Gasteiger partial charge in [-0.3, -0.25) is 0 Å². The van der Waals surface area contributed by atoms with Gasteiger partial charge in [-0.05, 0) is 39.0 Å². The van der Waals surface area contributed by atoms with Gasteiger partial charge in [0.25, 0.3) is 0 Å². The van der Waals surface area contributed by atoms with Crippen LogP contribution in [0.2, 0.25) is 0 Å². The number of hydrogen-bond donors (Lipinski definition) is 2. The van der Waals surface area contributed by atoms with Crippen molar-refractivity contribution in [2.24, 2.45) is 0 Å². The number of unbranched alkanes of at least 4 members (excludes halogenated alkanes) is 1. The zero-order valence-corrected chi connectivity index (χ0v) is 12.3. The number of aromatic nitrogens is 2. The number of nitrogens with zero attached hydrogens (tertiary/aromatic N) is 2. The highest BCUT2D eigenvalue weighted by molar-refractivity contribution is 5.77. The fourth-order valence-corrected chi connectivity index (χ4v) is 2.67. The highest BCUT2D eigenvalue weighted by Gasteiger charge is 2.22. The third-order valence-corrected chi connectivity index (χ3v) is 3.75. The van der Waals surface area contributed by atoms with Crippen LogP contribution in [0, 0.1) is 6.92 Å². The predicted molar refractivity (Wildman–Crippen MR) is 78.0 cm³/mol. The van der Waals surface area contributed by atoms with E-state index in [0.29, 0.717) is 12.2 Å². The molecule has 5 heteroatoms. The van der Waals surface area contributed by atoms with Crippen molar-refractivity contribution in [3.63, 3.8) is 0 Å². The molecule has 2 rings (SSSR count). The van der Waals surface area contributed by atoms with Crippen molar-refractivity contribution in [3.8, 4) is 0 Å². The van der Waals surface area contributed by atoms with Crippen LogP contribution in [-0.4, -0.2) is 27.1 Å². The molecule has 0 saturated carbocycles. The van der Waals surface area contributed by atoms with E-state index >= 15 is 0 Å². The molecule has 0 spiro atoms. The van der Waals surface area contributed by atoms with Gasteiger partial charge in [-0.2, -0.15) is 0 Å². The maximum absolute atomic E-state index is 11.4. The fraction of sp³-hybridized carbons (Fsp3) is 0.667. The molecular weight excluding hydrogens is 254 g/mol. The molecule has 0 saturated heterocycles. The van der Waals surface area contributed by atoms with Crippen LogP contribution in [0.25, 0.3) is 0 Å². The van der Waals surface area contributed by atoms with E-state index in [0.717, 1.165) is 55.6 Å². The Morgan fingerprint density at radius 2 is 2.10 bits per heavy atom. The molecule has 0 bridgehead atoms. The monoisotopic (exact) mass is 277 g/mol. The zero-order chi connectivity index (χ0) is 14.5. The number of carboxylic acids is 1. The SMILES string of the molecule is CCCCC(Nc1nc(C)nc2c1CCCC2)C(=O)O. The first-order valence-corrected chi connectivity index (χ1v) is 7.47. The van der Waals surface area contributed by atoms with Crippen molar-refractivity contribution < 1.29 is 9.90 Å². The minimum absolute atomic E-state index is 0.560. The Hall–Kier alpha value is -1.65. The Labute approximate surface area is 119 Å². The maximum atomic E-state index is 11.4. The predicted octanol–water partition coefficient (Wildman–Crippen LogP) is 2.72. The van der Waals surface area contributed by atoms with E-state index in [1.807, 2.05) is 6.92 Å². The van der Waals surface area contributed by atoms with E-state index in [9.17, 15) is 9.90 Å². The summed E-state index contributed by atoms with van der Waals surface area (Å²) < 4.78 is 0. The lowest BCUT2D eigenvalue weighted by molar-refractivity contribution is -0.138. The maximum Gasteiger partial charge on any atom is 0.326 e. The first-order chi connectivity index (χ1) is 9.61. The standard InChI is InChI=1S/C15H23N3O2/c1-3-4-8-13(15(19)20)18-14-11-7-5-6-9-12(11)16-10(2)17-14/h13H,3-9H2,1-2H3,(H,19,20)(H,16,17,18). The fourth-order valence-electron chi connectivity index (χ4n) is 2.67. The molecule has 1 aliphatic carbocycles. The first kappa shape index (κ1) is 14.8.